The molecule has 0 saturated carbocycles. The molecule has 0 aliphatic carbocycles. The standard InChI is InChI=1S/C18H27N3O4/c1-13-14(6-5-7-16(13)21(23)24)12-19-15-8-10-20(11-9-15)17(22)25-18(2,3)4/h5-7,15,19H,8-12H2,1-4H3. The van der Waals surface area contributed by atoms with Crippen LogP contribution in [0, 0.1) is 17.0 Å². The largest absolute Gasteiger partial charge is 0.444 e. The van der Waals surface area contributed by atoms with Crippen molar-refractivity contribution in [2.24, 2.45) is 0 Å². The van der Waals surface area contributed by atoms with Gasteiger partial charge in [0.15, 0.2) is 0 Å². The molecule has 1 saturated heterocycles. The lowest BCUT2D eigenvalue weighted by atomic mass is 10.0. The van der Waals surface area contributed by atoms with E-state index in [1.54, 1.807) is 17.9 Å². The van der Waals surface area contributed by atoms with Gasteiger partial charge in [0, 0.05) is 37.3 Å². The summed E-state index contributed by atoms with van der Waals surface area (Å²) >= 11 is 0. The van der Waals surface area contributed by atoms with Crippen molar-refractivity contribution in [1.29, 1.82) is 0 Å². The summed E-state index contributed by atoms with van der Waals surface area (Å²) in [6.45, 7) is 9.26. The molecule has 7 nitrogen and oxygen atoms in total. The monoisotopic (exact) mass is 349 g/mol. The maximum absolute atomic E-state index is 12.1. The van der Waals surface area contributed by atoms with Crippen molar-refractivity contribution in [3.63, 3.8) is 0 Å². The molecule has 1 N–H and O–H groups in total. The van der Waals surface area contributed by atoms with Crippen LogP contribution in [0.3, 0.4) is 0 Å². The average Bonchev–Trinajstić information content (AvgIpc) is 2.52. The van der Waals surface area contributed by atoms with Crippen LogP contribution in [0.5, 0.6) is 0 Å². The molecule has 2 rings (SSSR count). The number of benzene rings is 1. The Labute approximate surface area is 148 Å². The molecule has 0 aromatic heterocycles. The zero-order valence-electron chi connectivity index (χ0n) is 15.4. The van der Waals surface area contributed by atoms with Crippen LogP contribution >= 0.6 is 0 Å². The lowest BCUT2D eigenvalue weighted by molar-refractivity contribution is -0.385. The molecule has 1 aromatic carbocycles. The van der Waals surface area contributed by atoms with Crippen LogP contribution in [-0.2, 0) is 11.3 Å². The van der Waals surface area contributed by atoms with Crippen LogP contribution in [0.4, 0.5) is 10.5 Å². The third-order valence-corrected chi connectivity index (χ3v) is 4.34. The van der Waals surface area contributed by atoms with Gasteiger partial charge in [-0.25, -0.2) is 4.79 Å². The van der Waals surface area contributed by atoms with E-state index in [1.165, 1.54) is 6.07 Å². The summed E-state index contributed by atoms with van der Waals surface area (Å²) in [5.74, 6) is 0. The van der Waals surface area contributed by atoms with Gasteiger partial charge in [0.05, 0.1) is 4.92 Å². The minimum atomic E-state index is -0.480. The Morgan fingerprint density at radius 3 is 2.56 bits per heavy atom. The maximum atomic E-state index is 12.1. The predicted octanol–water partition coefficient (Wildman–Crippen LogP) is 3.39. The first kappa shape index (κ1) is 19.2. The summed E-state index contributed by atoms with van der Waals surface area (Å²) in [6.07, 6.45) is 1.42. The Morgan fingerprint density at radius 2 is 2.00 bits per heavy atom. The third kappa shape index (κ3) is 5.42. The molecule has 25 heavy (non-hydrogen) atoms. The molecule has 1 amide bonds. The molecule has 0 bridgehead atoms. The smallest absolute Gasteiger partial charge is 0.410 e. The lowest BCUT2D eigenvalue weighted by Gasteiger charge is -2.33. The highest BCUT2D eigenvalue weighted by molar-refractivity contribution is 5.68. The average molecular weight is 349 g/mol. The number of nitro benzene ring substituents is 1. The molecule has 1 aliphatic heterocycles. The summed E-state index contributed by atoms with van der Waals surface area (Å²) in [6, 6.07) is 5.44. The van der Waals surface area contributed by atoms with Gasteiger partial charge in [-0.1, -0.05) is 12.1 Å². The minimum absolute atomic E-state index is 0.152. The second-order valence-electron chi connectivity index (χ2n) is 7.44. The Hall–Kier alpha value is -2.15. The molecule has 0 spiro atoms. The van der Waals surface area contributed by atoms with Crippen molar-refractivity contribution >= 4 is 11.8 Å². The van der Waals surface area contributed by atoms with E-state index >= 15 is 0 Å². The molecule has 0 atom stereocenters. The van der Waals surface area contributed by atoms with E-state index in [-0.39, 0.29) is 22.7 Å². The Bertz CT molecular complexity index is 632. The molecule has 0 radical (unpaired) electrons. The van der Waals surface area contributed by atoms with E-state index in [0.717, 1.165) is 18.4 Å². The van der Waals surface area contributed by atoms with Gasteiger partial charge < -0.3 is 15.0 Å². The lowest BCUT2D eigenvalue weighted by Crippen LogP contribution is -2.46. The van der Waals surface area contributed by atoms with E-state index in [2.05, 4.69) is 5.32 Å². The summed E-state index contributed by atoms with van der Waals surface area (Å²) in [5, 5.41) is 14.5. The SMILES string of the molecule is Cc1c(CNC2CCN(C(=O)OC(C)(C)C)CC2)cccc1[N+](=O)[O-]. The van der Waals surface area contributed by atoms with Gasteiger partial charge in [0.2, 0.25) is 0 Å². The number of hydrogen-bond acceptors (Lipinski definition) is 5. The fraction of sp³-hybridized carbons (Fsp3) is 0.611. The third-order valence-electron chi connectivity index (χ3n) is 4.34. The van der Waals surface area contributed by atoms with Crippen LogP contribution in [-0.4, -0.2) is 40.6 Å². The van der Waals surface area contributed by atoms with E-state index in [9.17, 15) is 14.9 Å². The van der Waals surface area contributed by atoms with Gasteiger partial charge >= 0.3 is 6.09 Å². The second kappa shape index (κ2) is 7.82. The van der Waals surface area contributed by atoms with Crippen molar-refractivity contribution < 1.29 is 14.5 Å². The fourth-order valence-electron chi connectivity index (χ4n) is 2.91. The van der Waals surface area contributed by atoms with Crippen LogP contribution in [0.15, 0.2) is 18.2 Å². The van der Waals surface area contributed by atoms with Crippen LogP contribution in [0.1, 0.15) is 44.7 Å². The van der Waals surface area contributed by atoms with Crippen molar-refractivity contribution in [2.45, 2.75) is 58.7 Å². The van der Waals surface area contributed by atoms with E-state index in [4.69, 9.17) is 4.74 Å². The molecule has 1 fully saturated rings. The molecular weight excluding hydrogens is 322 g/mol. The number of ether oxygens (including phenoxy) is 1. The first-order chi connectivity index (χ1) is 11.7. The number of rotatable bonds is 4. The summed E-state index contributed by atoms with van der Waals surface area (Å²) in [5.41, 5.74) is 1.31. The Kier molecular flexibility index (Phi) is 6.00. The van der Waals surface area contributed by atoms with Crippen molar-refractivity contribution in [2.75, 3.05) is 13.1 Å². The van der Waals surface area contributed by atoms with Gasteiger partial charge in [-0.05, 0) is 46.1 Å². The van der Waals surface area contributed by atoms with Gasteiger partial charge in [-0.2, -0.15) is 0 Å². The van der Waals surface area contributed by atoms with Gasteiger partial charge in [0.1, 0.15) is 5.60 Å². The normalized spacial score (nSPS) is 15.9. The number of nitrogens with zero attached hydrogens (tertiary/aromatic N) is 2. The molecule has 138 valence electrons. The van der Waals surface area contributed by atoms with Gasteiger partial charge in [0.25, 0.3) is 5.69 Å². The first-order valence-electron chi connectivity index (χ1n) is 8.61. The van der Waals surface area contributed by atoms with Crippen molar-refractivity contribution in [3.8, 4) is 0 Å². The van der Waals surface area contributed by atoms with Crippen LogP contribution in [0.25, 0.3) is 0 Å². The summed E-state index contributed by atoms with van der Waals surface area (Å²) in [7, 11) is 0. The Balaban J connectivity index is 1.84. The summed E-state index contributed by atoms with van der Waals surface area (Å²) in [4.78, 5) is 24.5. The quantitative estimate of drug-likeness (QED) is 0.665. The van der Waals surface area contributed by atoms with Crippen LogP contribution in [0.2, 0.25) is 0 Å². The number of hydrogen-bond donors (Lipinski definition) is 1. The fourth-order valence-corrected chi connectivity index (χ4v) is 2.91. The molecule has 1 aromatic rings. The van der Waals surface area contributed by atoms with Crippen molar-refractivity contribution in [1.82, 2.24) is 10.2 Å². The Morgan fingerprint density at radius 1 is 1.36 bits per heavy atom. The zero-order chi connectivity index (χ0) is 18.6. The van der Waals surface area contributed by atoms with Crippen molar-refractivity contribution in [3.05, 3.63) is 39.4 Å². The number of likely N-dealkylation sites (tertiary alicyclic amines) is 1. The number of piperidine rings is 1. The molecular formula is C18H27N3O4. The highest BCUT2D eigenvalue weighted by Gasteiger charge is 2.26. The second-order valence-corrected chi connectivity index (χ2v) is 7.44. The molecule has 7 heteroatoms. The maximum Gasteiger partial charge on any atom is 0.410 e. The highest BCUT2D eigenvalue weighted by Crippen LogP contribution is 2.22. The molecule has 0 unspecified atom stereocenters. The van der Waals surface area contributed by atoms with E-state index < -0.39 is 5.60 Å². The zero-order valence-corrected chi connectivity index (χ0v) is 15.4. The number of nitrogens with one attached hydrogen (secondary N) is 1. The summed E-state index contributed by atoms with van der Waals surface area (Å²) < 4.78 is 5.40. The number of carbonyl (C=O) groups is 1. The van der Waals surface area contributed by atoms with Crippen LogP contribution < -0.4 is 5.32 Å². The number of nitro groups is 1. The first-order valence-corrected chi connectivity index (χ1v) is 8.61. The van der Waals surface area contributed by atoms with E-state index in [0.29, 0.717) is 25.2 Å². The number of amides is 1. The molecule has 1 aliphatic rings. The van der Waals surface area contributed by atoms with Gasteiger partial charge in [-0.3, -0.25) is 10.1 Å². The topological polar surface area (TPSA) is 84.7 Å². The highest BCUT2D eigenvalue weighted by atomic mass is 16.6. The number of carbonyl (C=O) groups excluding carboxylic acids is 1. The minimum Gasteiger partial charge on any atom is -0.444 e. The van der Waals surface area contributed by atoms with Gasteiger partial charge in [-0.15, -0.1) is 0 Å². The molecule has 1 heterocycles. The predicted molar refractivity (Wildman–Crippen MR) is 95.5 cm³/mol. The van der Waals surface area contributed by atoms with E-state index in [1.807, 2.05) is 26.8 Å².